The summed E-state index contributed by atoms with van der Waals surface area (Å²) in [4.78, 5) is 31.7. The van der Waals surface area contributed by atoms with Gasteiger partial charge in [0.2, 0.25) is 11.8 Å². The predicted octanol–water partition coefficient (Wildman–Crippen LogP) is 4.44. The Hall–Kier alpha value is -2.08. The van der Waals surface area contributed by atoms with Crippen molar-refractivity contribution in [3.05, 3.63) is 29.3 Å². The Balaban J connectivity index is 1.43. The van der Waals surface area contributed by atoms with Gasteiger partial charge in [-0.3, -0.25) is 14.5 Å². The van der Waals surface area contributed by atoms with Crippen molar-refractivity contribution in [2.75, 3.05) is 26.7 Å². The number of amides is 2. The Bertz CT molecular complexity index is 856. The number of nitrogens with zero attached hydrogens (tertiary/aromatic N) is 2. The fraction of sp³-hybridized carbons (Fsp3) is 0.714. The highest BCUT2D eigenvalue weighted by molar-refractivity contribution is 6.00. The van der Waals surface area contributed by atoms with Crippen LogP contribution < -0.4 is 10.1 Å². The van der Waals surface area contributed by atoms with E-state index in [0.29, 0.717) is 25.3 Å². The van der Waals surface area contributed by atoms with E-state index >= 15 is 0 Å². The third-order valence-corrected chi connectivity index (χ3v) is 8.39. The lowest BCUT2D eigenvalue weighted by atomic mass is 9.79. The third kappa shape index (κ3) is 5.27. The molecule has 1 unspecified atom stereocenters. The van der Waals surface area contributed by atoms with Gasteiger partial charge in [-0.05, 0) is 55.7 Å². The summed E-state index contributed by atoms with van der Waals surface area (Å²) < 4.78 is 5.39. The number of hydrogen-bond donors (Lipinski definition) is 1. The van der Waals surface area contributed by atoms with Gasteiger partial charge in [-0.1, -0.05) is 57.6 Å². The van der Waals surface area contributed by atoms with Crippen molar-refractivity contribution >= 4 is 11.8 Å². The van der Waals surface area contributed by atoms with Crippen LogP contribution in [0.3, 0.4) is 0 Å². The molecular weight excluding hydrogens is 426 g/mol. The van der Waals surface area contributed by atoms with Crippen molar-refractivity contribution < 1.29 is 14.3 Å². The summed E-state index contributed by atoms with van der Waals surface area (Å²) >= 11 is 0. The molecule has 4 rings (SSSR count). The number of rotatable bonds is 8. The molecule has 188 valence electrons. The molecule has 2 aliphatic heterocycles. The third-order valence-electron chi connectivity index (χ3n) is 8.39. The van der Waals surface area contributed by atoms with Gasteiger partial charge in [-0.25, -0.2) is 0 Å². The van der Waals surface area contributed by atoms with Crippen molar-refractivity contribution in [1.82, 2.24) is 15.1 Å². The molecule has 6 heteroatoms. The minimum Gasteiger partial charge on any atom is -0.496 e. The molecule has 1 aromatic carbocycles. The molecule has 0 radical (unpaired) electrons. The number of piperidine rings is 1. The summed E-state index contributed by atoms with van der Waals surface area (Å²) in [6.07, 6.45) is 10.4. The van der Waals surface area contributed by atoms with Crippen LogP contribution in [-0.2, 0) is 16.1 Å². The lowest BCUT2D eigenvalue weighted by Gasteiger charge is -2.52. The van der Waals surface area contributed by atoms with Crippen LogP contribution in [0.4, 0.5) is 0 Å². The average Bonchev–Trinajstić information content (AvgIpc) is 2.84. The Morgan fingerprint density at radius 1 is 1.12 bits per heavy atom. The Kier molecular flexibility index (Phi) is 8.18. The van der Waals surface area contributed by atoms with Crippen molar-refractivity contribution in [2.45, 2.75) is 96.2 Å². The first kappa shape index (κ1) is 25.0. The van der Waals surface area contributed by atoms with E-state index in [9.17, 15) is 9.59 Å². The van der Waals surface area contributed by atoms with Crippen LogP contribution >= 0.6 is 0 Å². The van der Waals surface area contributed by atoms with Crippen LogP contribution in [0.5, 0.6) is 5.75 Å². The summed E-state index contributed by atoms with van der Waals surface area (Å²) in [6, 6.07) is 6.00. The van der Waals surface area contributed by atoms with Gasteiger partial charge in [0.05, 0.1) is 7.11 Å². The lowest BCUT2D eigenvalue weighted by molar-refractivity contribution is -0.162. The number of carbonyl (C=O) groups excluding carboxylic acids is 2. The van der Waals surface area contributed by atoms with Gasteiger partial charge in [-0.15, -0.1) is 0 Å². The molecule has 1 spiro atoms. The topological polar surface area (TPSA) is 61.9 Å². The molecule has 0 bridgehead atoms. The number of piperazine rings is 1. The van der Waals surface area contributed by atoms with Gasteiger partial charge in [-0.2, -0.15) is 0 Å². The fourth-order valence-electron chi connectivity index (χ4n) is 6.31. The Labute approximate surface area is 205 Å². The molecule has 1 aromatic rings. The van der Waals surface area contributed by atoms with Gasteiger partial charge in [0.1, 0.15) is 17.3 Å². The smallest absolute Gasteiger partial charge is 0.246 e. The van der Waals surface area contributed by atoms with Gasteiger partial charge in [0.25, 0.3) is 0 Å². The van der Waals surface area contributed by atoms with Gasteiger partial charge < -0.3 is 15.0 Å². The Morgan fingerprint density at radius 3 is 2.50 bits per heavy atom. The highest BCUT2D eigenvalue weighted by Crippen LogP contribution is 2.36. The SMILES string of the molecule is CCCCN1C(=O)C(CC2CCCCC2)NC(=O)C12CCN(Cc1ccc(OC)c(C)c1)CC2. The summed E-state index contributed by atoms with van der Waals surface area (Å²) in [5, 5.41) is 3.20. The maximum atomic E-state index is 13.7. The van der Waals surface area contributed by atoms with Crippen LogP contribution in [-0.4, -0.2) is 59.9 Å². The van der Waals surface area contributed by atoms with E-state index in [2.05, 4.69) is 36.2 Å². The number of methoxy groups -OCH3 is 1. The number of benzene rings is 1. The molecule has 34 heavy (non-hydrogen) atoms. The Morgan fingerprint density at radius 2 is 1.85 bits per heavy atom. The average molecular weight is 470 g/mol. The van der Waals surface area contributed by atoms with Crippen molar-refractivity contribution in [1.29, 1.82) is 0 Å². The molecule has 3 fully saturated rings. The van der Waals surface area contributed by atoms with E-state index in [4.69, 9.17) is 4.74 Å². The predicted molar refractivity (Wildman–Crippen MR) is 135 cm³/mol. The van der Waals surface area contributed by atoms with E-state index in [-0.39, 0.29) is 17.9 Å². The molecule has 3 aliphatic rings. The number of unbranched alkanes of at least 4 members (excludes halogenated alkanes) is 1. The largest absolute Gasteiger partial charge is 0.496 e. The highest BCUT2D eigenvalue weighted by atomic mass is 16.5. The quantitative estimate of drug-likeness (QED) is 0.612. The first-order valence-electron chi connectivity index (χ1n) is 13.4. The second-order valence-electron chi connectivity index (χ2n) is 10.7. The standard InChI is InChI=1S/C28H43N3O3/c1-4-5-15-31-26(32)24(19-22-9-7-6-8-10-22)29-27(33)28(31)13-16-30(17-14-28)20-23-11-12-25(34-3)21(2)18-23/h11-12,18,22,24H,4-10,13-17,19-20H2,1-3H3,(H,29,33). The first-order valence-corrected chi connectivity index (χ1v) is 13.4. The fourth-order valence-corrected chi connectivity index (χ4v) is 6.31. The number of nitrogens with one attached hydrogen (secondary N) is 1. The van der Waals surface area contributed by atoms with Gasteiger partial charge in [0, 0.05) is 26.2 Å². The number of aryl methyl sites for hydroxylation is 1. The summed E-state index contributed by atoms with van der Waals surface area (Å²) in [5.41, 5.74) is 1.72. The number of likely N-dealkylation sites (tertiary alicyclic amines) is 1. The first-order chi connectivity index (χ1) is 16.5. The zero-order chi connectivity index (χ0) is 24.1. The van der Waals surface area contributed by atoms with Gasteiger partial charge in [0.15, 0.2) is 0 Å². The maximum Gasteiger partial charge on any atom is 0.246 e. The highest BCUT2D eigenvalue weighted by Gasteiger charge is 2.53. The van der Waals surface area contributed by atoms with Crippen LogP contribution in [0.2, 0.25) is 0 Å². The van der Waals surface area contributed by atoms with Crippen LogP contribution in [0.1, 0.15) is 82.3 Å². The second-order valence-corrected chi connectivity index (χ2v) is 10.7. The van der Waals surface area contributed by atoms with E-state index < -0.39 is 5.54 Å². The van der Waals surface area contributed by atoms with E-state index in [0.717, 1.165) is 50.2 Å². The second kappa shape index (κ2) is 11.1. The summed E-state index contributed by atoms with van der Waals surface area (Å²) in [5.74, 6) is 1.73. The van der Waals surface area contributed by atoms with Gasteiger partial charge >= 0.3 is 0 Å². The maximum absolute atomic E-state index is 13.7. The lowest BCUT2D eigenvalue weighted by Crippen LogP contribution is -2.73. The minimum absolute atomic E-state index is 0.0870. The van der Waals surface area contributed by atoms with Crippen LogP contribution in [0.25, 0.3) is 0 Å². The van der Waals surface area contributed by atoms with E-state index in [1.54, 1.807) is 7.11 Å². The van der Waals surface area contributed by atoms with Crippen LogP contribution in [0, 0.1) is 12.8 Å². The summed E-state index contributed by atoms with van der Waals surface area (Å²) in [6.45, 7) is 7.42. The van der Waals surface area contributed by atoms with E-state index in [1.807, 2.05) is 11.0 Å². The molecule has 2 heterocycles. The molecule has 0 aromatic heterocycles. The summed E-state index contributed by atoms with van der Waals surface area (Å²) in [7, 11) is 1.70. The molecular formula is C28H43N3O3. The van der Waals surface area contributed by atoms with Crippen molar-refractivity contribution in [3.63, 3.8) is 0 Å². The number of hydrogen-bond acceptors (Lipinski definition) is 4. The molecule has 6 nitrogen and oxygen atoms in total. The molecule has 2 saturated heterocycles. The molecule has 1 N–H and O–H groups in total. The van der Waals surface area contributed by atoms with Crippen LogP contribution in [0.15, 0.2) is 18.2 Å². The number of carbonyl (C=O) groups is 2. The molecule has 1 atom stereocenters. The molecule has 1 aliphatic carbocycles. The normalized spacial score (nSPS) is 23.9. The van der Waals surface area contributed by atoms with Crippen molar-refractivity contribution in [2.24, 2.45) is 5.92 Å². The molecule has 1 saturated carbocycles. The zero-order valence-corrected chi connectivity index (χ0v) is 21.4. The monoisotopic (exact) mass is 469 g/mol. The molecule has 2 amide bonds. The van der Waals surface area contributed by atoms with Crippen molar-refractivity contribution in [3.8, 4) is 5.75 Å². The zero-order valence-electron chi connectivity index (χ0n) is 21.4. The number of ether oxygens (including phenoxy) is 1. The van der Waals surface area contributed by atoms with E-state index in [1.165, 1.54) is 37.7 Å². The minimum atomic E-state index is -0.679.